The van der Waals surface area contributed by atoms with Gasteiger partial charge in [-0.25, -0.2) is 8.78 Å². The van der Waals surface area contributed by atoms with Crippen molar-refractivity contribution in [2.24, 2.45) is 5.92 Å². The van der Waals surface area contributed by atoms with Crippen molar-refractivity contribution in [2.45, 2.75) is 32.1 Å². The van der Waals surface area contributed by atoms with Gasteiger partial charge in [0.15, 0.2) is 0 Å². The zero-order valence-corrected chi connectivity index (χ0v) is 9.51. The van der Waals surface area contributed by atoms with Crippen LogP contribution >= 0.6 is 0 Å². The topological polar surface area (TPSA) is 15.3 Å². The van der Waals surface area contributed by atoms with Crippen molar-refractivity contribution in [3.63, 3.8) is 0 Å². The van der Waals surface area contributed by atoms with Crippen molar-refractivity contribution in [1.82, 2.24) is 10.2 Å². The molecular weight excluding hydrogens is 198 g/mol. The summed E-state index contributed by atoms with van der Waals surface area (Å²) in [6, 6.07) is 0. The molecule has 0 aliphatic carbocycles. The fraction of sp³-hybridized carbons (Fsp3) is 1.00. The average molecular weight is 220 g/mol. The predicted octanol–water partition coefficient (Wildman–Crippen LogP) is 1.96. The lowest BCUT2D eigenvalue weighted by Crippen LogP contribution is -2.31. The molecule has 90 valence electrons. The van der Waals surface area contributed by atoms with Crippen LogP contribution in [0.2, 0.25) is 0 Å². The summed E-state index contributed by atoms with van der Waals surface area (Å²) in [5, 5.41) is 3.37. The molecule has 2 nitrogen and oxygen atoms in total. The third-order valence-electron chi connectivity index (χ3n) is 3.00. The summed E-state index contributed by atoms with van der Waals surface area (Å²) in [7, 11) is 1.77. The first-order valence-electron chi connectivity index (χ1n) is 5.86. The third-order valence-corrected chi connectivity index (χ3v) is 3.00. The summed E-state index contributed by atoms with van der Waals surface area (Å²) in [6.45, 7) is 2.95. The maximum Gasteiger partial charge on any atom is 0.251 e. The summed E-state index contributed by atoms with van der Waals surface area (Å²) in [5.41, 5.74) is 0. The van der Waals surface area contributed by atoms with E-state index in [1.807, 2.05) is 0 Å². The molecule has 0 spiro atoms. The third kappa shape index (κ3) is 6.05. The number of piperidine rings is 1. The monoisotopic (exact) mass is 220 g/mol. The molecule has 4 heteroatoms. The normalized spacial score (nSPS) is 22.6. The van der Waals surface area contributed by atoms with Crippen LogP contribution in [0.1, 0.15) is 25.7 Å². The highest BCUT2D eigenvalue weighted by atomic mass is 19.3. The molecule has 0 saturated carbocycles. The second kappa shape index (κ2) is 7.12. The van der Waals surface area contributed by atoms with Crippen LogP contribution in [0.15, 0.2) is 0 Å². The van der Waals surface area contributed by atoms with Gasteiger partial charge in [-0.2, -0.15) is 0 Å². The van der Waals surface area contributed by atoms with Gasteiger partial charge in [-0.05, 0) is 58.3 Å². The van der Waals surface area contributed by atoms with E-state index in [1.165, 1.54) is 19.3 Å². The summed E-state index contributed by atoms with van der Waals surface area (Å²) in [4.78, 5) is 1.72. The number of nitrogens with zero attached hydrogens (tertiary/aromatic N) is 1. The Balaban J connectivity index is 1.99. The van der Waals surface area contributed by atoms with E-state index in [4.69, 9.17) is 0 Å². The summed E-state index contributed by atoms with van der Waals surface area (Å²) in [5.74, 6) is 0.763. The van der Waals surface area contributed by atoms with Gasteiger partial charge in [0.1, 0.15) is 0 Å². The van der Waals surface area contributed by atoms with Gasteiger partial charge >= 0.3 is 0 Å². The van der Waals surface area contributed by atoms with Gasteiger partial charge in [0.2, 0.25) is 0 Å². The van der Waals surface area contributed by atoms with E-state index in [9.17, 15) is 8.78 Å². The second-order valence-corrected chi connectivity index (χ2v) is 4.51. The van der Waals surface area contributed by atoms with Crippen LogP contribution in [0.5, 0.6) is 0 Å². The summed E-state index contributed by atoms with van der Waals surface area (Å²) < 4.78 is 24.0. The number of hydrogen-bond acceptors (Lipinski definition) is 2. The molecule has 1 N–H and O–H groups in total. The van der Waals surface area contributed by atoms with E-state index >= 15 is 0 Å². The van der Waals surface area contributed by atoms with Crippen molar-refractivity contribution in [3.05, 3.63) is 0 Å². The van der Waals surface area contributed by atoms with Crippen LogP contribution in [0.3, 0.4) is 0 Å². The Kier molecular flexibility index (Phi) is 6.10. The number of hydrogen-bond donors (Lipinski definition) is 1. The van der Waals surface area contributed by atoms with E-state index in [0.717, 1.165) is 32.0 Å². The molecule has 1 atom stereocenters. The van der Waals surface area contributed by atoms with Gasteiger partial charge in [0.05, 0.1) is 6.54 Å². The predicted molar refractivity (Wildman–Crippen MR) is 58.3 cm³/mol. The average Bonchev–Trinajstić information content (AvgIpc) is 2.18. The van der Waals surface area contributed by atoms with Crippen molar-refractivity contribution < 1.29 is 8.78 Å². The van der Waals surface area contributed by atoms with E-state index in [1.54, 1.807) is 11.9 Å². The Morgan fingerprint density at radius 3 is 2.87 bits per heavy atom. The van der Waals surface area contributed by atoms with Crippen LogP contribution in [-0.2, 0) is 0 Å². The fourth-order valence-corrected chi connectivity index (χ4v) is 2.15. The van der Waals surface area contributed by atoms with Crippen LogP contribution in [-0.4, -0.2) is 44.6 Å². The lowest BCUT2D eigenvalue weighted by atomic mass is 9.95. The Hall–Kier alpha value is -0.220. The highest BCUT2D eigenvalue weighted by Crippen LogP contribution is 2.15. The van der Waals surface area contributed by atoms with Gasteiger partial charge in [-0.15, -0.1) is 0 Å². The Bertz CT molecular complexity index is 159. The molecule has 0 aromatic heterocycles. The first kappa shape index (κ1) is 12.8. The Morgan fingerprint density at radius 2 is 2.27 bits per heavy atom. The highest BCUT2D eigenvalue weighted by molar-refractivity contribution is 4.69. The molecule has 0 aromatic rings. The fourth-order valence-electron chi connectivity index (χ4n) is 2.15. The lowest BCUT2D eigenvalue weighted by Gasteiger charge is -2.23. The number of rotatable bonds is 6. The minimum Gasteiger partial charge on any atom is -0.316 e. The van der Waals surface area contributed by atoms with Crippen molar-refractivity contribution in [3.8, 4) is 0 Å². The Labute approximate surface area is 91.0 Å². The number of alkyl halides is 2. The lowest BCUT2D eigenvalue weighted by molar-refractivity contribution is 0.0988. The summed E-state index contributed by atoms with van der Waals surface area (Å²) in [6.07, 6.45) is 2.56. The van der Waals surface area contributed by atoms with Gasteiger partial charge in [-0.1, -0.05) is 0 Å². The molecule has 1 saturated heterocycles. The maximum atomic E-state index is 12.0. The molecular formula is C11H22F2N2. The van der Waals surface area contributed by atoms with Crippen LogP contribution in [0.25, 0.3) is 0 Å². The van der Waals surface area contributed by atoms with E-state index in [0.29, 0.717) is 0 Å². The second-order valence-electron chi connectivity index (χ2n) is 4.51. The molecule has 1 aliphatic rings. The van der Waals surface area contributed by atoms with Gasteiger partial charge in [-0.3, -0.25) is 0 Å². The first-order chi connectivity index (χ1) is 7.18. The Morgan fingerprint density at radius 1 is 1.47 bits per heavy atom. The van der Waals surface area contributed by atoms with Crippen LogP contribution in [0, 0.1) is 5.92 Å². The summed E-state index contributed by atoms with van der Waals surface area (Å²) >= 11 is 0. The molecule has 1 unspecified atom stereocenters. The van der Waals surface area contributed by atoms with Crippen molar-refractivity contribution >= 4 is 0 Å². The zero-order valence-electron chi connectivity index (χ0n) is 9.51. The minimum atomic E-state index is -2.20. The van der Waals surface area contributed by atoms with Gasteiger partial charge in [0, 0.05) is 0 Å². The SMILES string of the molecule is CN(CCCC1CCCNC1)CC(F)F. The molecule has 1 aliphatic heterocycles. The number of halogens is 2. The van der Waals surface area contributed by atoms with E-state index in [2.05, 4.69) is 5.32 Å². The standard InChI is InChI=1S/C11H22F2N2/c1-15(9-11(12)13)7-3-5-10-4-2-6-14-8-10/h10-11,14H,2-9H2,1H3. The van der Waals surface area contributed by atoms with E-state index < -0.39 is 6.43 Å². The van der Waals surface area contributed by atoms with Crippen molar-refractivity contribution in [1.29, 1.82) is 0 Å². The molecule has 1 rings (SSSR count). The molecule has 0 radical (unpaired) electrons. The first-order valence-corrected chi connectivity index (χ1v) is 5.86. The zero-order chi connectivity index (χ0) is 11.1. The molecule has 0 amide bonds. The molecule has 1 fully saturated rings. The maximum absolute atomic E-state index is 12.0. The molecule has 0 aromatic carbocycles. The largest absolute Gasteiger partial charge is 0.316 e. The number of nitrogens with one attached hydrogen (secondary N) is 1. The highest BCUT2D eigenvalue weighted by Gasteiger charge is 2.13. The molecule has 1 heterocycles. The quantitative estimate of drug-likeness (QED) is 0.736. The minimum absolute atomic E-state index is 0.0943. The van der Waals surface area contributed by atoms with E-state index in [-0.39, 0.29) is 6.54 Å². The van der Waals surface area contributed by atoms with Crippen LogP contribution in [0.4, 0.5) is 8.78 Å². The van der Waals surface area contributed by atoms with Crippen LogP contribution < -0.4 is 5.32 Å². The molecule has 15 heavy (non-hydrogen) atoms. The van der Waals surface area contributed by atoms with Gasteiger partial charge < -0.3 is 10.2 Å². The molecule has 0 bridgehead atoms. The van der Waals surface area contributed by atoms with Gasteiger partial charge in [0.25, 0.3) is 6.43 Å². The smallest absolute Gasteiger partial charge is 0.251 e. The van der Waals surface area contributed by atoms with Crippen molar-refractivity contribution in [2.75, 3.05) is 33.2 Å².